The molecule has 2 aromatic rings. The Balaban J connectivity index is 1.87. The summed E-state index contributed by atoms with van der Waals surface area (Å²) in [5.74, 6) is -0.587. The van der Waals surface area contributed by atoms with Crippen molar-refractivity contribution in [1.82, 2.24) is 0 Å². The summed E-state index contributed by atoms with van der Waals surface area (Å²) < 4.78 is 10.9. The minimum absolute atomic E-state index is 0.263. The highest BCUT2D eigenvalue weighted by Crippen LogP contribution is 2.16. The molecule has 0 heterocycles. The van der Waals surface area contributed by atoms with Gasteiger partial charge in [-0.05, 0) is 42.9 Å². The molecule has 0 aromatic heterocycles. The molecule has 1 atom stereocenters. The summed E-state index contributed by atoms with van der Waals surface area (Å²) in [6.45, 7) is 4.96. The predicted molar refractivity (Wildman–Crippen MR) is 115 cm³/mol. The Morgan fingerprint density at radius 1 is 0.828 bits per heavy atom. The Bertz CT molecular complexity index is 754. The van der Waals surface area contributed by atoms with Gasteiger partial charge < -0.3 is 9.47 Å². The van der Waals surface area contributed by atoms with Crippen LogP contribution in [0.4, 0.5) is 0 Å². The average Bonchev–Trinajstić information content (AvgIpc) is 2.77. The van der Waals surface area contributed by atoms with Crippen LogP contribution >= 0.6 is 0 Å². The first kappa shape index (κ1) is 22.7. The molecule has 0 amide bonds. The highest BCUT2D eigenvalue weighted by molar-refractivity contribution is 6.03. The number of benzene rings is 2. The van der Waals surface area contributed by atoms with E-state index in [9.17, 15) is 9.59 Å². The number of esters is 2. The molecule has 29 heavy (non-hydrogen) atoms. The van der Waals surface area contributed by atoms with E-state index in [0.717, 1.165) is 38.5 Å². The van der Waals surface area contributed by atoms with E-state index in [1.807, 2.05) is 18.2 Å². The number of unbranched alkanes of at least 4 members (excludes halogenated alkanes) is 1. The molecule has 4 heteroatoms. The molecular weight excluding hydrogens is 364 g/mol. The predicted octanol–water partition coefficient (Wildman–Crippen LogP) is 5.85. The third kappa shape index (κ3) is 7.72. The normalized spacial score (nSPS) is 11.7. The standard InChI is InChI=1S/C25H32O4/c1-3-5-12-20(4-2)19-29-25(27)23-17-10-9-16-22(23)24(26)28-18-11-15-21-13-7-6-8-14-21/h6-10,13-14,16-17,20H,3-5,11-12,15,18-19H2,1-2H3. The molecule has 0 saturated carbocycles. The maximum Gasteiger partial charge on any atom is 0.339 e. The molecule has 0 N–H and O–H groups in total. The van der Waals surface area contributed by atoms with E-state index in [1.165, 1.54) is 5.56 Å². The second-order valence-electron chi connectivity index (χ2n) is 7.29. The Morgan fingerprint density at radius 2 is 1.45 bits per heavy atom. The summed E-state index contributed by atoms with van der Waals surface area (Å²) in [4.78, 5) is 25.0. The van der Waals surface area contributed by atoms with Crippen molar-refractivity contribution in [3.63, 3.8) is 0 Å². The van der Waals surface area contributed by atoms with Gasteiger partial charge in [0.1, 0.15) is 0 Å². The van der Waals surface area contributed by atoms with Gasteiger partial charge in [-0.2, -0.15) is 0 Å². The minimum atomic E-state index is -0.483. The van der Waals surface area contributed by atoms with Crippen LogP contribution < -0.4 is 0 Å². The Kier molecular flexibility index (Phi) is 9.98. The van der Waals surface area contributed by atoms with Crippen molar-refractivity contribution in [2.45, 2.75) is 52.4 Å². The lowest BCUT2D eigenvalue weighted by Crippen LogP contribution is -2.18. The molecule has 2 rings (SSSR count). The van der Waals surface area contributed by atoms with Crippen molar-refractivity contribution >= 4 is 11.9 Å². The molecule has 0 saturated heterocycles. The molecule has 0 aliphatic rings. The number of aryl methyl sites for hydroxylation is 1. The number of hydrogen-bond donors (Lipinski definition) is 0. The van der Waals surface area contributed by atoms with Crippen LogP contribution in [0.15, 0.2) is 54.6 Å². The lowest BCUT2D eigenvalue weighted by Gasteiger charge is -2.15. The van der Waals surface area contributed by atoms with Crippen molar-refractivity contribution in [1.29, 1.82) is 0 Å². The van der Waals surface area contributed by atoms with Gasteiger partial charge in [0.2, 0.25) is 0 Å². The summed E-state index contributed by atoms with van der Waals surface area (Å²) in [5.41, 5.74) is 1.74. The van der Waals surface area contributed by atoms with E-state index in [1.54, 1.807) is 24.3 Å². The van der Waals surface area contributed by atoms with E-state index in [4.69, 9.17) is 9.47 Å². The Labute approximate surface area is 174 Å². The zero-order chi connectivity index (χ0) is 20.9. The van der Waals surface area contributed by atoms with Crippen LogP contribution in [-0.4, -0.2) is 25.2 Å². The van der Waals surface area contributed by atoms with Crippen molar-refractivity contribution < 1.29 is 19.1 Å². The van der Waals surface area contributed by atoms with Crippen LogP contribution in [0.5, 0.6) is 0 Å². The average molecular weight is 397 g/mol. The number of carbonyl (C=O) groups excluding carboxylic acids is 2. The lowest BCUT2D eigenvalue weighted by molar-refractivity contribution is 0.0405. The molecule has 156 valence electrons. The maximum absolute atomic E-state index is 12.5. The van der Waals surface area contributed by atoms with Crippen LogP contribution in [0.1, 0.15) is 72.2 Å². The summed E-state index contributed by atoms with van der Waals surface area (Å²) in [7, 11) is 0. The lowest BCUT2D eigenvalue weighted by atomic mass is 10.0. The van der Waals surface area contributed by atoms with E-state index >= 15 is 0 Å². The van der Waals surface area contributed by atoms with Gasteiger partial charge in [-0.1, -0.05) is 75.6 Å². The van der Waals surface area contributed by atoms with Gasteiger partial charge in [0.05, 0.1) is 24.3 Å². The number of rotatable bonds is 12. The first-order valence-electron chi connectivity index (χ1n) is 10.6. The van der Waals surface area contributed by atoms with Gasteiger partial charge in [0.25, 0.3) is 0 Å². The van der Waals surface area contributed by atoms with Crippen molar-refractivity contribution in [3.05, 3.63) is 71.3 Å². The molecular formula is C25H32O4. The number of hydrogen-bond acceptors (Lipinski definition) is 4. The molecule has 0 aliphatic heterocycles. The molecule has 0 spiro atoms. The number of ether oxygens (including phenoxy) is 2. The zero-order valence-electron chi connectivity index (χ0n) is 17.6. The van der Waals surface area contributed by atoms with E-state index in [2.05, 4.69) is 26.0 Å². The largest absolute Gasteiger partial charge is 0.462 e. The first-order valence-corrected chi connectivity index (χ1v) is 10.6. The maximum atomic E-state index is 12.5. The van der Waals surface area contributed by atoms with Gasteiger partial charge in [0.15, 0.2) is 0 Å². The van der Waals surface area contributed by atoms with Gasteiger partial charge >= 0.3 is 11.9 Å². The van der Waals surface area contributed by atoms with Crippen molar-refractivity contribution in [2.75, 3.05) is 13.2 Å². The van der Waals surface area contributed by atoms with Crippen LogP contribution in [-0.2, 0) is 15.9 Å². The van der Waals surface area contributed by atoms with Gasteiger partial charge in [0, 0.05) is 0 Å². The summed E-state index contributed by atoms with van der Waals surface area (Å²) in [5, 5.41) is 0. The van der Waals surface area contributed by atoms with Gasteiger partial charge in [-0.15, -0.1) is 0 Å². The van der Waals surface area contributed by atoms with E-state index in [-0.39, 0.29) is 11.1 Å². The molecule has 1 unspecified atom stereocenters. The topological polar surface area (TPSA) is 52.6 Å². The first-order chi connectivity index (χ1) is 14.2. The summed E-state index contributed by atoms with van der Waals surface area (Å²) in [6.07, 6.45) is 5.85. The van der Waals surface area contributed by atoms with Crippen molar-refractivity contribution in [2.24, 2.45) is 5.92 Å². The second-order valence-corrected chi connectivity index (χ2v) is 7.29. The highest BCUT2D eigenvalue weighted by atomic mass is 16.5. The monoisotopic (exact) mass is 396 g/mol. The molecule has 0 fully saturated rings. The number of carbonyl (C=O) groups is 2. The van der Waals surface area contributed by atoms with Crippen LogP contribution in [0, 0.1) is 5.92 Å². The molecule has 0 aliphatic carbocycles. The summed E-state index contributed by atoms with van der Waals surface area (Å²) in [6, 6.07) is 16.8. The molecule has 0 bridgehead atoms. The minimum Gasteiger partial charge on any atom is -0.462 e. The smallest absolute Gasteiger partial charge is 0.339 e. The fourth-order valence-corrected chi connectivity index (χ4v) is 3.17. The summed E-state index contributed by atoms with van der Waals surface area (Å²) >= 11 is 0. The SMILES string of the molecule is CCCCC(CC)COC(=O)c1ccccc1C(=O)OCCCc1ccccc1. The molecule has 0 radical (unpaired) electrons. The van der Waals surface area contributed by atoms with Gasteiger partial charge in [-0.25, -0.2) is 9.59 Å². The van der Waals surface area contributed by atoms with Gasteiger partial charge in [-0.3, -0.25) is 0 Å². The fourth-order valence-electron chi connectivity index (χ4n) is 3.17. The third-order valence-corrected chi connectivity index (χ3v) is 5.05. The van der Waals surface area contributed by atoms with Crippen LogP contribution in [0.3, 0.4) is 0 Å². The molecule has 2 aromatic carbocycles. The van der Waals surface area contributed by atoms with E-state index < -0.39 is 11.9 Å². The van der Waals surface area contributed by atoms with Crippen molar-refractivity contribution in [3.8, 4) is 0 Å². The highest BCUT2D eigenvalue weighted by Gasteiger charge is 2.20. The Hall–Kier alpha value is -2.62. The van der Waals surface area contributed by atoms with Crippen LogP contribution in [0.2, 0.25) is 0 Å². The second kappa shape index (κ2) is 12.8. The fraction of sp³-hybridized carbons (Fsp3) is 0.440. The molecule has 4 nitrogen and oxygen atoms in total. The van der Waals surface area contributed by atoms with E-state index in [0.29, 0.717) is 19.1 Å². The quantitative estimate of drug-likeness (QED) is 0.334. The Morgan fingerprint density at radius 3 is 2.07 bits per heavy atom. The zero-order valence-corrected chi connectivity index (χ0v) is 17.6. The third-order valence-electron chi connectivity index (χ3n) is 5.05. The van der Waals surface area contributed by atoms with Crippen LogP contribution in [0.25, 0.3) is 0 Å².